The molecule has 2 rings (SSSR count). The van der Waals surface area contributed by atoms with Crippen molar-refractivity contribution in [3.8, 4) is 11.3 Å². The highest BCUT2D eigenvalue weighted by Crippen LogP contribution is 2.36. The minimum absolute atomic E-state index is 0.00204. The topological polar surface area (TPSA) is 51.8 Å². The number of aryl methyl sites for hydroxylation is 1. The lowest BCUT2D eigenvalue weighted by Gasteiger charge is -2.12. The molecule has 0 aliphatic rings. The molecule has 0 aliphatic heterocycles. The van der Waals surface area contributed by atoms with Crippen LogP contribution in [0.5, 0.6) is 0 Å². The van der Waals surface area contributed by atoms with Gasteiger partial charge in [-0.25, -0.2) is 9.97 Å². The van der Waals surface area contributed by atoms with Crippen LogP contribution in [0.1, 0.15) is 11.4 Å². The van der Waals surface area contributed by atoms with Crippen molar-refractivity contribution in [2.45, 2.75) is 13.1 Å². The number of aromatic nitrogens is 2. The van der Waals surface area contributed by atoms with E-state index in [2.05, 4.69) is 9.97 Å². The van der Waals surface area contributed by atoms with E-state index in [0.29, 0.717) is 5.82 Å². The van der Waals surface area contributed by atoms with Crippen molar-refractivity contribution in [2.75, 3.05) is 5.73 Å². The molecule has 0 aliphatic carbocycles. The van der Waals surface area contributed by atoms with Crippen molar-refractivity contribution in [3.63, 3.8) is 0 Å². The smallest absolute Gasteiger partial charge is 0.384 e. The SMILES string of the molecule is Cc1nc(N)cc(-c2ccccc2C(F)(F)F)n1. The second-order valence-corrected chi connectivity index (χ2v) is 3.77. The van der Waals surface area contributed by atoms with Crippen LogP contribution < -0.4 is 5.73 Å². The van der Waals surface area contributed by atoms with E-state index in [1.807, 2.05) is 0 Å². The van der Waals surface area contributed by atoms with Crippen molar-refractivity contribution in [1.29, 1.82) is 0 Å². The van der Waals surface area contributed by atoms with Crippen molar-refractivity contribution in [1.82, 2.24) is 9.97 Å². The Hall–Kier alpha value is -2.11. The summed E-state index contributed by atoms with van der Waals surface area (Å²) < 4.78 is 38.6. The van der Waals surface area contributed by atoms with Crippen LogP contribution in [0.4, 0.5) is 19.0 Å². The third kappa shape index (κ3) is 2.42. The summed E-state index contributed by atoms with van der Waals surface area (Å²) in [5.41, 5.74) is 4.97. The zero-order valence-electron chi connectivity index (χ0n) is 9.49. The van der Waals surface area contributed by atoms with Gasteiger partial charge >= 0.3 is 6.18 Å². The van der Waals surface area contributed by atoms with Crippen molar-refractivity contribution in [2.24, 2.45) is 0 Å². The van der Waals surface area contributed by atoms with Crippen LogP contribution in [-0.2, 0) is 6.18 Å². The summed E-state index contributed by atoms with van der Waals surface area (Å²) in [6.45, 7) is 1.58. The van der Waals surface area contributed by atoms with Crippen LogP contribution in [0.2, 0.25) is 0 Å². The molecular weight excluding hydrogens is 243 g/mol. The molecule has 2 N–H and O–H groups in total. The van der Waals surface area contributed by atoms with E-state index >= 15 is 0 Å². The summed E-state index contributed by atoms with van der Waals surface area (Å²) in [4.78, 5) is 7.82. The summed E-state index contributed by atoms with van der Waals surface area (Å²) in [6, 6.07) is 6.58. The lowest BCUT2D eigenvalue weighted by atomic mass is 10.0. The highest BCUT2D eigenvalue weighted by atomic mass is 19.4. The molecule has 0 saturated heterocycles. The van der Waals surface area contributed by atoms with Gasteiger partial charge in [0.05, 0.1) is 11.3 Å². The van der Waals surface area contributed by atoms with Gasteiger partial charge in [0.25, 0.3) is 0 Å². The molecule has 1 aromatic heterocycles. The Balaban J connectivity index is 2.64. The van der Waals surface area contributed by atoms with Gasteiger partial charge < -0.3 is 5.73 Å². The average molecular weight is 253 g/mol. The summed E-state index contributed by atoms with van der Waals surface area (Å²) >= 11 is 0. The van der Waals surface area contributed by atoms with E-state index in [-0.39, 0.29) is 17.1 Å². The first-order valence-electron chi connectivity index (χ1n) is 5.15. The molecule has 0 fully saturated rings. The normalized spacial score (nSPS) is 11.6. The molecule has 94 valence electrons. The van der Waals surface area contributed by atoms with Crippen LogP contribution in [0.3, 0.4) is 0 Å². The number of halogens is 3. The number of hydrogen-bond acceptors (Lipinski definition) is 3. The lowest BCUT2D eigenvalue weighted by molar-refractivity contribution is -0.137. The van der Waals surface area contributed by atoms with E-state index in [0.717, 1.165) is 6.07 Å². The monoisotopic (exact) mass is 253 g/mol. The highest BCUT2D eigenvalue weighted by molar-refractivity contribution is 5.66. The molecular formula is C12H10F3N3. The Morgan fingerprint density at radius 2 is 1.78 bits per heavy atom. The largest absolute Gasteiger partial charge is 0.417 e. The summed E-state index contributed by atoms with van der Waals surface area (Å²) in [5.74, 6) is 0.483. The fourth-order valence-electron chi connectivity index (χ4n) is 1.68. The molecule has 0 unspecified atom stereocenters. The van der Waals surface area contributed by atoms with Crippen LogP contribution in [0.25, 0.3) is 11.3 Å². The average Bonchev–Trinajstić information content (AvgIpc) is 2.26. The minimum Gasteiger partial charge on any atom is -0.384 e. The Bertz CT molecular complexity index is 559. The molecule has 0 saturated carbocycles. The molecule has 0 amide bonds. The fourth-order valence-corrected chi connectivity index (χ4v) is 1.68. The van der Waals surface area contributed by atoms with E-state index in [4.69, 9.17) is 5.73 Å². The number of alkyl halides is 3. The number of nitrogen functional groups attached to an aromatic ring is 1. The molecule has 1 heterocycles. The van der Waals surface area contributed by atoms with E-state index in [1.54, 1.807) is 6.92 Å². The van der Waals surface area contributed by atoms with Crippen LogP contribution in [0.15, 0.2) is 30.3 Å². The standard InChI is InChI=1S/C12H10F3N3/c1-7-17-10(6-11(16)18-7)8-4-2-3-5-9(8)12(13,14)15/h2-6H,1H3,(H2,16,17,18). The third-order valence-corrected chi connectivity index (χ3v) is 2.37. The molecule has 0 spiro atoms. The quantitative estimate of drug-likeness (QED) is 0.849. The van der Waals surface area contributed by atoms with E-state index in [9.17, 15) is 13.2 Å². The predicted molar refractivity (Wildman–Crippen MR) is 61.6 cm³/mol. The maximum absolute atomic E-state index is 12.9. The Morgan fingerprint density at radius 1 is 1.11 bits per heavy atom. The summed E-state index contributed by atoms with van der Waals surface area (Å²) in [7, 11) is 0. The van der Waals surface area contributed by atoms with Gasteiger partial charge in [0.2, 0.25) is 0 Å². The second-order valence-electron chi connectivity index (χ2n) is 3.77. The summed E-state index contributed by atoms with van der Waals surface area (Å²) in [6.07, 6.45) is -4.43. The molecule has 0 bridgehead atoms. The number of rotatable bonds is 1. The Morgan fingerprint density at radius 3 is 2.39 bits per heavy atom. The maximum atomic E-state index is 12.9. The van der Waals surface area contributed by atoms with Gasteiger partial charge in [-0.05, 0) is 13.0 Å². The zero-order valence-corrected chi connectivity index (χ0v) is 9.49. The predicted octanol–water partition coefficient (Wildman–Crippen LogP) is 3.05. The number of nitrogens with zero attached hydrogens (tertiary/aromatic N) is 2. The number of anilines is 1. The zero-order chi connectivity index (χ0) is 13.3. The van der Waals surface area contributed by atoms with Gasteiger partial charge in [0.15, 0.2) is 0 Å². The van der Waals surface area contributed by atoms with Crippen LogP contribution in [-0.4, -0.2) is 9.97 Å². The summed E-state index contributed by atoms with van der Waals surface area (Å²) in [5, 5.41) is 0. The minimum atomic E-state index is -4.43. The number of hydrogen-bond donors (Lipinski definition) is 1. The van der Waals surface area contributed by atoms with Gasteiger partial charge in [-0.2, -0.15) is 13.2 Å². The number of benzene rings is 1. The first-order valence-corrected chi connectivity index (χ1v) is 5.15. The third-order valence-electron chi connectivity index (χ3n) is 2.37. The van der Waals surface area contributed by atoms with Crippen LogP contribution in [0, 0.1) is 6.92 Å². The first kappa shape index (κ1) is 12.3. The molecule has 3 nitrogen and oxygen atoms in total. The first-order chi connectivity index (χ1) is 8.38. The van der Waals surface area contributed by atoms with Crippen molar-refractivity contribution in [3.05, 3.63) is 41.7 Å². The Labute approximate surface area is 101 Å². The van der Waals surface area contributed by atoms with Gasteiger partial charge in [-0.15, -0.1) is 0 Å². The van der Waals surface area contributed by atoms with E-state index in [1.165, 1.54) is 24.3 Å². The van der Waals surface area contributed by atoms with Gasteiger partial charge in [-0.3, -0.25) is 0 Å². The fraction of sp³-hybridized carbons (Fsp3) is 0.167. The van der Waals surface area contributed by atoms with Gasteiger partial charge in [-0.1, -0.05) is 18.2 Å². The van der Waals surface area contributed by atoms with Gasteiger partial charge in [0, 0.05) is 11.6 Å². The number of nitrogens with two attached hydrogens (primary N) is 1. The van der Waals surface area contributed by atoms with Crippen molar-refractivity contribution >= 4 is 5.82 Å². The van der Waals surface area contributed by atoms with Crippen molar-refractivity contribution < 1.29 is 13.2 Å². The molecule has 1 aromatic carbocycles. The van der Waals surface area contributed by atoms with E-state index < -0.39 is 11.7 Å². The Kier molecular flexibility index (Phi) is 2.94. The molecule has 0 radical (unpaired) electrons. The lowest BCUT2D eigenvalue weighted by Crippen LogP contribution is -2.08. The molecule has 0 atom stereocenters. The molecule has 2 aromatic rings. The maximum Gasteiger partial charge on any atom is 0.417 e. The molecule has 18 heavy (non-hydrogen) atoms. The molecule has 6 heteroatoms. The van der Waals surface area contributed by atoms with Crippen LogP contribution >= 0.6 is 0 Å². The highest BCUT2D eigenvalue weighted by Gasteiger charge is 2.33. The van der Waals surface area contributed by atoms with Gasteiger partial charge in [0.1, 0.15) is 11.6 Å². The second kappa shape index (κ2) is 4.29.